The van der Waals surface area contributed by atoms with Gasteiger partial charge in [-0.05, 0) is 24.9 Å². The van der Waals surface area contributed by atoms with Gasteiger partial charge in [-0.25, -0.2) is 0 Å². The maximum absolute atomic E-state index is 11.0. The first-order valence-corrected chi connectivity index (χ1v) is 5.64. The Kier molecular flexibility index (Phi) is 4.98. The summed E-state index contributed by atoms with van der Waals surface area (Å²) in [5.74, 6) is -0.831. The molecule has 0 saturated carbocycles. The fourth-order valence-electron chi connectivity index (χ4n) is 1.42. The molecule has 0 bridgehead atoms. The first kappa shape index (κ1) is 12.7. The quantitative estimate of drug-likeness (QED) is 0.723. The molecule has 1 atom stereocenters. The van der Waals surface area contributed by atoms with Gasteiger partial charge in [0.05, 0.1) is 12.7 Å². The van der Waals surface area contributed by atoms with Crippen molar-refractivity contribution in [2.24, 2.45) is 0 Å². The Morgan fingerprint density at radius 1 is 1.62 bits per heavy atom. The van der Waals surface area contributed by atoms with E-state index in [1.54, 1.807) is 10.9 Å². The fourth-order valence-corrected chi connectivity index (χ4v) is 1.42. The average Bonchev–Trinajstić information content (AvgIpc) is 2.71. The minimum atomic E-state index is -0.831. The van der Waals surface area contributed by atoms with E-state index < -0.39 is 12.0 Å². The van der Waals surface area contributed by atoms with Gasteiger partial charge in [0.25, 0.3) is 0 Å². The first-order valence-electron chi connectivity index (χ1n) is 5.64. The third-order valence-electron chi connectivity index (χ3n) is 2.40. The Bertz CT molecular complexity index is 336. The second-order valence-electron chi connectivity index (χ2n) is 3.77. The number of nitrogens with one attached hydrogen (secondary N) is 1. The van der Waals surface area contributed by atoms with Crippen LogP contribution in [0.2, 0.25) is 0 Å². The molecule has 0 aliphatic carbocycles. The number of carboxylic acid groups (broad SMARTS) is 1. The van der Waals surface area contributed by atoms with E-state index in [2.05, 4.69) is 10.4 Å². The Hall–Kier alpha value is -1.36. The van der Waals surface area contributed by atoms with Gasteiger partial charge in [-0.1, -0.05) is 13.8 Å². The molecule has 90 valence electrons. The van der Waals surface area contributed by atoms with Gasteiger partial charge in [-0.2, -0.15) is 5.10 Å². The molecule has 16 heavy (non-hydrogen) atoms. The molecule has 0 saturated heterocycles. The molecule has 0 spiro atoms. The van der Waals surface area contributed by atoms with E-state index >= 15 is 0 Å². The van der Waals surface area contributed by atoms with Crippen LogP contribution >= 0.6 is 0 Å². The topological polar surface area (TPSA) is 67.2 Å². The van der Waals surface area contributed by atoms with Gasteiger partial charge < -0.3 is 10.4 Å². The molecule has 1 unspecified atom stereocenters. The Labute approximate surface area is 95.5 Å². The van der Waals surface area contributed by atoms with Gasteiger partial charge in [0.2, 0.25) is 0 Å². The zero-order chi connectivity index (χ0) is 12.0. The summed E-state index contributed by atoms with van der Waals surface area (Å²) in [7, 11) is 0. The minimum Gasteiger partial charge on any atom is -0.480 e. The molecule has 0 amide bonds. The largest absolute Gasteiger partial charge is 0.480 e. The van der Waals surface area contributed by atoms with E-state index in [1.165, 1.54) is 0 Å². The summed E-state index contributed by atoms with van der Waals surface area (Å²) in [5, 5.41) is 16.1. The molecule has 0 fully saturated rings. The molecule has 2 N–H and O–H groups in total. The van der Waals surface area contributed by atoms with Gasteiger partial charge in [0.1, 0.15) is 6.04 Å². The van der Waals surface area contributed by atoms with Crippen molar-refractivity contribution in [2.45, 2.75) is 39.3 Å². The third kappa shape index (κ3) is 3.66. The highest BCUT2D eigenvalue weighted by Gasteiger charge is 2.17. The van der Waals surface area contributed by atoms with Crippen LogP contribution in [0.1, 0.15) is 25.8 Å². The first-order chi connectivity index (χ1) is 7.67. The van der Waals surface area contributed by atoms with Crippen LogP contribution in [0.15, 0.2) is 12.4 Å². The summed E-state index contributed by atoms with van der Waals surface area (Å²) < 4.78 is 1.68. The maximum atomic E-state index is 11.0. The van der Waals surface area contributed by atoms with Gasteiger partial charge in [-0.15, -0.1) is 0 Å². The summed E-state index contributed by atoms with van der Waals surface area (Å²) in [6, 6.07) is -0.565. The minimum absolute atomic E-state index is 0.370. The second kappa shape index (κ2) is 6.27. The second-order valence-corrected chi connectivity index (χ2v) is 3.77. The van der Waals surface area contributed by atoms with E-state index in [9.17, 15) is 4.79 Å². The van der Waals surface area contributed by atoms with Crippen molar-refractivity contribution in [3.05, 3.63) is 18.0 Å². The highest BCUT2D eigenvalue weighted by atomic mass is 16.4. The fraction of sp³-hybridized carbons (Fsp3) is 0.636. The Morgan fingerprint density at radius 2 is 2.38 bits per heavy atom. The summed E-state index contributed by atoms with van der Waals surface area (Å²) in [6.45, 7) is 5.13. The normalized spacial score (nSPS) is 12.6. The predicted octanol–water partition coefficient (Wildman–Crippen LogP) is 0.898. The number of aromatic nitrogens is 2. The van der Waals surface area contributed by atoms with Crippen molar-refractivity contribution >= 4 is 5.97 Å². The summed E-state index contributed by atoms with van der Waals surface area (Å²) in [5.41, 5.74) is 1.12. The van der Waals surface area contributed by atoms with Crippen LogP contribution in [0, 0.1) is 0 Å². The van der Waals surface area contributed by atoms with Crippen molar-refractivity contribution in [3.8, 4) is 0 Å². The van der Waals surface area contributed by atoms with E-state index in [0.717, 1.165) is 18.4 Å². The molecule has 1 aromatic heterocycles. The van der Waals surface area contributed by atoms with Gasteiger partial charge in [0.15, 0.2) is 0 Å². The predicted molar refractivity (Wildman–Crippen MR) is 61.3 cm³/mol. The molecule has 0 aromatic carbocycles. The molecule has 0 radical (unpaired) electrons. The van der Waals surface area contributed by atoms with Gasteiger partial charge in [0, 0.05) is 6.20 Å². The monoisotopic (exact) mass is 225 g/mol. The van der Waals surface area contributed by atoms with Crippen LogP contribution in [0.5, 0.6) is 0 Å². The summed E-state index contributed by atoms with van der Waals surface area (Å²) in [4.78, 5) is 11.0. The number of aryl methyl sites for hydroxylation is 1. The van der Waals surface area contributed by atoms with Crippen LogP contribution in [0.4, 0.5) is 0 Å². The Balaban J connectivity index is 2.56. The molecular weight excluding hydrogens is 206 g/mol. The lowest BCUT2D eigenvalue weighted by molar-refractivity contribution is -0.139. The van der Waals surface area contributed by atoms with Crippen molar-refractivity contribution in [3.63, 3.8) is 0 Å². The van der Waals surface area contributed by atoms with E-state index in [-0.39, 0.29) is 0 Å². The Morgan fingerprint density at radius 3 is 2.88 bits per heavy atom. The van der Waals surface area contributed by atoms with Crippen LogP contribution in [0.3, 0.4) is 0 Å². The average molecular weight is 225 g/mol. The molecule has 5 heteroatoms. The summed E-state index contributed by atoms with van der Waals surface area (Å²) >= 11 is 0. The highest BCUT2D eigenvalue weighted by Crippen LogP contribution is 2.00. The van der Waals surface area contributed by atoms with Crippen molar-refractivity contribution in [2.75, 3.05) is 6.54 Å². The van der Waals surface area contributed by atoms with Gasteiger partial charge >= 0.3 is 5.97 Å². The standard InChI is InChI=1S/C11H19N3O2/c1-3-5-12-10(11(15)16)8-14-7-9(4-2)6-13-14/h6-7,10,12H,3-5,8H2,1-2H3,(H,15,16). The SMILES string of the molecule is CCCNC(Cn1cc(CC)cn1)C(=O)O. The van der Waals surface area contributed by atoms with E-state index in [0.29, 0.717) is 13.1 Å². The number of hydrogen-bond acceptors (Lipinski definition) is 3. The number of carboxylic acids is 1. The molecule has 0 aliphatic heterocycles. The number of rotatable bonds is 7. The number of hydrogen-bond donors (Lipinski definition) is 2. The number of aliphatic carboxylic acids is 1. The third-order valence-corrected chi connectivity index (χ3v) is 2.40. The molecule has 5 nitrogen and oxygen atoms in total. The zero-order valence-corrected chi connectivity index (χ0v) is 9.81. The van der Waals surface area contributed by atoms with Crippen molar-refractivity contribution in [1.82, 2.24) is 15.1 Å². The number of nitrogens with zero attached hydrogens (tertiary/aromatic N) is 2. The molecule has 1 heterocycles. The highest BCUT2D eigenvalue weighted by molar-refractivity contribution is 5.73. The molecule has 1 rings (SSSR count). The van der Waals surface area contributed by atoms with Crippen LogP contribution in [-0.2, 0) is 17.8 Å². The van der Waals surface area contributed by atoms with Crippen LogP contribution < -0.4 is 5.32 Å². The van der Waals surface area contributed by atoms with E-state index in [4.69, 9.17) is 5.11 Å². The van der Waals surface area contributed by atoms with Crippen LogP contribution in [0.25, 0.3) is 0 Å². The lowest BCUT2D eigenvalue weighted by atomic mass is 10.2. The molecule has 1 aromatic rings. The van der Waals surface area contributed by atoms with Gasteiger partial charge in [-0.3, -0.25) is 9.48 Å². The number of carbonyl (C=O) groups is 1. The maximum Gasteiger partial charge on any atom is 0.322 e. The lowest BCUT2D eigenvalue weighted by Crippen LogP contribution is -2.40. The molecular formula is C11H19N3O2. The van der Waals surface area contributed by atoms with Crippen molar-refractivity contribution in [1.29, 1.82) is 0 Å². The van der Waals surface area contributed by atoms with Crippen LogP contribution in [-0.4, -0.2) is 33.4 Å². The molecule has 0 aliphatic rings. The smallest absolute Gasteiger partial charge is 0.322 e. The van der Waals surface area contributed by atoms with E-state index in [1.807, 2.05) is 20.0 Å². The van der Waals surface area contributed by atoms with Crippen molar-refractivity contribution < 1.29 is 9.90 Å². The zero-order valence-electron chi connectivity index (χ0n) is 9.81. The summed E-state index contributed by atoms with van der Waals surface area (Å²) in [6.07, 6.45) is 5.51. The lowest BCUT2D eigenvalue weighted by Gasteiger charge is -2.13.